The summed E-state index contributed by atoms with van der Waals surface area (Å²) < 4.78 is 22.7. The zero-order valence-corrected chi connectivity index (χ0v) is 10.2. The minimum absolute atomic E-state index is 0.416. The van der Waals surface area contributed by atoms with Gasteiger partial charge in [0.15, 0.2) is 9.84 Å². The molecule has 0 atom stereocenters. The molecule has 0 aromatic rings. The molecule has 0 bridgehead atoms. The van der Waals surface area contributed by atoms with Crippen molar-refractivity contribution in [1.82, 2.24) is 0 Å². The maximum atomic E-state index is 11.3. The molecule has 1 aliphatic heterocycles. The third-order valence-electron chi connectivity index (χ3n) is 3.90. The topological polar surface area (TPSA) is 38.6 Å². The first-order chi connectivity index (χ1) is 7.17. The number of rotatable bonds is 1. The smallest absolute Gasteiger partial charge is 0.161 e. The van der Waals surface area contributed by atoms with Crippen molar-refractivity contribution in [1.29, 1.82) is 0 Å². The first kappa shape index (κ1) is 11.4. The largest absolute Gasteiger partial charge is 0.331 e. The Labute approximate surface area is 92.8 Å². The van der Waals surface area contributed by atoms with Crippen LogP contribution in [0.25, 0.3) is 0 Å². The maximum Gasteiger partial charge on any atom is 0.161 e. The normalized spacial score (nSPS) is 29.9. The second-order valence-corrected chi connectivity index (χ2v) is 7.30. The van der Waals surface area contributed by atoms with Gasteiger partial charge in [0.1, 0.15) is 0 Å². The van der Waals surface area contributed by atoms with Crippen molar-refractivity contribution in [2.24, 2.45) is 0 Å². The van der Waals surface area contributed by atoms with Crippen LogP contribution in [-0.4, -0.2) is 39.1 Å². The highest BCUT2D eigenvalue weighted by Gasteiger charge is 2.30. The van der Waals surface area contributed by atoms with E-state index in [0.717, 1.165) is 19.1 Å². The number of sulfone groups is 1. The van der Waals surface area contributed by atoms with Crippen LogP contribution < -0.4 is 4.90 Å². The molecule has 0 unspecified atom stereocenters. The minimum Gasteiger partial charge on any atom is -0.331 e. The fraction of sp³-hybridized carbons (Fsp3) is 1.00. The minimum atomic E-state index is -2.68. The van der Waals surface area contributed by atoms with Gasteiger partial charge in [0.05, 0.1) is 30.6 Å². The Morgan fingerprint density at radius 1 is 0.867 bits per heavy atom. The molecule has 1 heterocycles. The highest BCUT2D eigenvalue weighted by Crippen LogP contribution is 2.15. The molecule has 4 heteroatoms. The molecule has 1 aliphatic carbocycles. The monoisotopic (exact) mass is 232 g/mol. The van der Waals surface area contributed by atoms with Crippen LogP contribution in [0.3, 0.4) is 0 Å². The van der Waals surface area contributed by atoms with E-state index in [0.29, 0.717) is 11.5 Å². The quantitative estimate of drug-likeness (QED) is 0.648. The van der Waals surface area contributed by atoms with Crippen molar-refractivity contribution in [3.63, 3.8) is 0 Å². The van der Waals surface area contributed by atoms with Crippen LogP contribution >= 0.6 is 0 Å². The lowest BCUT2D eigenvalue weighted by atomic mass is 10.1. The average molecular weight is 232 g/mol. The Kier molecular flexibility index (Phi) is 3.67. The summed E-state index contributed by atoms with van der Waals surface area (Å²) in [6.07, 6.45) is 8.08. The van der Waals surface area contributed by atoms with E-state index in [2.05, 4.69) is 0 Å². The Balaban J connectivity index is 1.88. The van der Waals surface area contributed by atoms with Gasteiger partial charge in [0, 0.05) is 0 Å². The second-order valence-electron chi connectivity index (χ2n) is 5.00. The fourth-order valence-corrected chi connectivity index (χ4v) is 4.25. The second kappa shape index (κ2) is 4.83. The Morgan fingerprint density at radius 2 is 1.40 bits per heavy atom. The number of nitrogens with one attached hydrogen (secondary N) is 1. The van der Waals surface area contributed by atoms with E-state index in [9.17, 15) is 8.42 Å². The van der Waals surface area contributed by atoms with Crippen LogP contribution in [0.15, 0.2) is 0 Å². The van der Waals surface area contributed by atoms with E-state index in [1.807, 2.05) is 0 Å². The maximum absolute atomic E-state index is 11.3. The summed E-state index contributed by atoms with van der Waals surface area (Å²) in [6, 6.07) is 0.753. The van der Waals surface area contributed by atoms with Gasteiger partial charge in [-0.25, -0.2) is 8.42 Å². The summed E-state index contributed by atoms with van der Waals surface area (Å²) in [4.78, 5) is 1.56. The molecule has 88 valence electrons. The summed E-state index contributed by atoms with van der Waals surface area (Å²) in [7, 11) is -2.68. The third kappa shape index (κ3) is 3.18. The van der Waals surface area contributed by atoms with Crippen molar-refractivity contribution < 1.29 is 13.3 Å². The molecular formula is C11H22NO2S+. The molecule has 2 fully saturated rings. The van der Waals surface area contributed by atoms with Gasteiger partial charge < -0.3 is 4.90 Å². The molecule has 3 nitrogen and oxygen atoms in total. The average Bonchev–Trinajstić information content (AvgIpc) is 2.46. The molecule has 2 rings (SSSR count). The zero-order valence-electron chi connectivity index (χ0n) is 9.37. The zero-order chi connectivity index (χ0) is 10.7. The number of hydrogen-bond acceptors (Lipinski definition) is 2. The van der Waals surface area contributed by atoms with Crippen molar-refractivity contribution in [3.8, 4) is 0 Å². The van der Waals surface area contributed by atoms with E-state index in [4.69, 9.17) is 0 Å². The van der Waals surface area contributed by atoms with Crippen LogP contribution in [0.5, 0.6) is 0 Å². The summed E-state index contributed by atoms with van der Waals surface area (Å²) in [6.45, 7) is 1.71. The van der Waals surface area contributed by atoms with Gasteiger partial charge in [0.2, 0.25) is 0 Å². The molecule has 2 aliphatic rings. The molecule has 1 saturated carbocycles. The molecule has 0 aromatic carbocycles. The highest BCUT2D eigenvalue weighted by atomic mass is 32.2. The number of quaternary nitrogens is 1. The predicted octanol–water partition coefficient (Wildman–Crippen LogP) is 0.0225. The van der Waals surface area contributed by atoms with Gasteiger partial charge >= 0.3 is 0 Å². The summed E-state index contributed by atoms with van der Waals surface area (Å²) >= 11 is 0. The number of hydrogen-bond donors (Lipinski definition) is 1. The Hall–Kier alpha value is -0.0900. The van der Waals surface area contributed by atoms with E-state index in [1.54, 1.807) is 4.90 Å². The summed E-state index contributed by atoms with van der Waals surface area (Å²) in [5, 5.41) is 0. The molecular weight excluding hydrogens is 210 g/mol. The predicted molar refractivity (Wildman–Crippen MR) is 60.8 cm³/mol. The van der Waals surface area contributed by atoms with Gasteiger partial charge in [-0.3, -0.25) is 0 Å². The standard InChI is InChI=1S/C11H21NO2S/c13-15(14)9-7-12(8-10-15)11-5-3-1-2-4-6-11/h11H,1-10H2/p+1. The lowest BCUT2D eigenvalue weighted by Gasteiger charge is -2.30. The summed E-state index contributed by atoms with van der Waals surface area (Å²) in [5.74, 6) is 0.831. The summed E-state index contributed by atoms with van der Waals surface area (Å²) in [5.41, 5.74) is 0. The molecule has 0 amide bonds. The Morgan fingerprint density at radius 3 is 1.93 bits per heavy atom. The molecule has 0 radical (unpaired) electrons. The van der Waals surface area contributed by atoms with E-state index in [1.165, 1.54) is 38.5 Å². The lowest BCUT2D eigenvalue weighted by molar-refractivity contribution is -0.922. The SMILES string of the molecule is O=S1(=O)CC[NH+](C2CCCCCC2)CC1. The van der Waals surface area contributed by atoms with Crippen molar-refractivity contribution in [3.05, 3.63) is 0 Å². The van der Waals surface area contributed by atoms with Crippen LogP contribution in [0, 0.1) is 0 Å². The molecule has 1 saturated heterocycles. The van der Waals surface area contributed by atoms with Gasteiger partial charge in [0.25, 0.3) is 0 Å². The van der Waals surface area contributed by atoms with Crippen LogP contribution in [0.2, 0.25) is 0 Å². The van der Waals surface area contributed by atoms with Gasteiger partial charge in [-0.05, 0) is 25.7 Å². The molecule has 15 heavy (non-hydrogen) atoms. The van der Waals surface area contributed by atoms with Crippen LogP contribution in [0.1, 0.15) is 38.5 Å². The van der Waals surface area contributed by atoms with Crippen molar-refractivity contribution in [2.45, 2.75) is 44.6 Å². The fourth-order valence-electron chi connectivity index (χ4n) is 2.90. The van der Waals surface area contributed by atoms with Crippen LogP contribution in [0.4, 0.5) is 0 Å². The van der Waals surface area contributed by atoms with Gasteiger partial charge in [-0.1, -0.05) is 12.8 Å². The third-order valence-corrected chi connectivity index (χ3v) is 5.55. The van der Waals surface area contributed by atoms with Crippen molar-refractivity contribution in [2.75, 3.05) is 24.6 Å². The lowest BCUT2D eigenvalue weighted by Crippen LogP contribution is -3.17. The van der Waals surface area contributed by atoms with Crippen LogP contribution in [-0.2, 0) is 9.84 Å². The molecule has 0 aromatic heterocycles. The first-order valence-corrected chi connectivity index (χ1v) is 8.04. The van der Waals surface area contributed by atoms with Gasteiger partial charge in [-0.2, -0.15) is 0 Å². The van der Waals surface area contributed by atoms with Gasteiger partial charge in [-0.15, -0.1) is 0 Å². The molecule has 1 N–H and O–H groups in total. The highest BCUT2D eigenvalue weighted by molar-refractivity contribution is 7.91. The first-order valence-electron chi connectivity index (χ1n) is 6.22. The van der Waals surface area contributed by atoms with Crippen molar-refractivity contribution >= 4 is 9.84 Å². The van der Waals surface area contributed by atoms with E-state index >= 15 is 0 Å². The molecule has 0 spiro atoms. The van der Waals surface area contributed by atoms with E-state index in [-0.39, 0.29) is 0 Å². The Bertz CT molecular complexity index is 278. The van der Waals surface area contributed by atoms with E-state index < -0.39 is 9.84 Å².